The molecule has 3 nitrogen and oxygen atoms in total. The van der Waals surface area contributed by atoms with E-state index in [2.05, 4.69) is 15.9 Å². The van der Waals surface area contributed by atoms with Crippen LogP contribution in [0.3, 0.4) is 0 Å². The Morgan fingerprint density at radius 3 is 2.80 bits per heavy atom. The van der Waals surface area contributed by atoms with Crippen molar-refractivity contribution < 1.29 is 4.92 Å². The summed E-state index contributed by atoms with van der Waals surface area (Å²) in [5.74, 6) is 0. The van der Waals surface area contributed by atoms with Crippen molar-refractivity contribution in [2.24, 2.45) is 0 Å². The van der Waals surface area contributed by atoms with E-state index in [1.807, 2.05) is 0 Å². The molecule has 1 aromatic rings. The minimum atomic E-state index is -0.391. The summed E-state index contributed by atoms with van der Waals surface area (Å²) in [4.78, 5) is 10.2. The van der Waals surface area contributed by atoms with E-state index in [4.69, 9.17) is 11.6 Å². The highest BCUT2D eigenvalue weighted by Crippen LogP contribution is 2.23. The number of benzene rings is 1. The maximum Gasteiger partial charge on any atom is 0.246 e. The fourth-order valence-electron chi connectivity index (χ4n) is 1.08. The van der Waals surface area contributed by atoms with Crippen LogP contribution in [0.25, 0.3) is 6.08 Å². The van der Waals surface area contributed by atoms with E-state index in [0.29, 0.717) is 17.0 Å². The highest BCUT2D eigenvalue weighted by molar-refractivity contribution is 9.10. The third kappa shape index (κ3) is 3.32. The molecule has 0 aliphatic rings. The predicted octanol–water partition coefficient (Wildman–Crippen LogP) is 4.13. The summed E-state index contributed by atoms with van der Waals surface area (Å²) in [6.45, 7) is 1.74. The molecule has 0 N–H and O–H groups in total. The normalized spacial score (nSPS) is 11.5. The van der Waals surface area contributed by atoms with E-state index in [0.717, 1.165) is 4.47 Å². The molecule has 5 heteroatoms. The van der Waals surface area contributed by atoms with Gasteiger partial charge in [0, 0.05) is 22.0 Å². The van der Waals surface area contributed by atoms with Crippen molar-refractivity contribution in [3.05, 3.63) is 49.1 Å². The summed E-state index contributed by atoms with van der Waals surface area (Å²) in [7, 11) is 0. The van der Waals surface area contributed by atoms with Crippen LogP contribution >= 0.6 is 27.5 Å². The van der Waals surface area contributed by atoms with E-state index in [1.165, 1.54) is 6.08 Å². The second-order valence-electron chi connectivity index (χ2n) is 2.91. The van der Waals surface area contributed by atoms with E-state index in [9.17, 15) is 10.1 Å². The molecule has 0 bridgehead atoms. The van der Waals surface area contributed by atoms with Gasteiger partial charge in [-0.25, -0.2) is 0 Å². The van der Waals surface area contributed by atoms with Crippen LogP contribution in [0.2, 0.25) is 5.02 Å². The van der Waals surface area contributed by atoms with Crippen LogP contribution in [0.4, 0.5) is 0 Å². The molecule has 0 radical (unpaired) electrons. The maximum absolute atomic E-state index is 10.6. The lowest BCUT2D eigenvalue weighted by molar-refractivity contribution is -0.425. The van der Waals surface area contributed by atoms with Crippen molar-refractivity contribution in [1.82, 2.24) is 0 Å². The molecular weight excluding hydrogens is 281 g/mol. The van der Waals surface area contributed by atoms with Crippen LogP contribution in [-0.4, -0.2) is 4.92 Å². The molecule has 0 amide bonds. The summed E-state index contributed by atoms with van der Waals surface area (Å²) >= 11 is 9.21. The standard InChI is InChI=1S/C10H9BrClNO2/c1-2-9(13(14)15)5-7-3-4-8(11)6-10(7)12/h3-6H,2H2,1H3/b9-5-. The molecule has 0 aliphatic heterocycles. The van der Waals surface area contributed by atoms with Gasteiger partial charge in [0.1, 0.15) is 0 Å². The Labute approximate surface area is 101 Å². The lowest BCUT2D eigenvalue weighted by Crippen LogP contribution is -1.96. The van der Waals surface area contributed by atoms with Gasteiger partial charge in [-0.15, -0.1) is 0 Å². The molecule has 0 atom stereocenters. The van der Waals surface area contributed by atoms with Crippen molar-refractivity contribution in [3.8, 4) is 0 Å². The first-order valence-corrected chi connectivity index (χ1v) is 5.51. The van der Waals surface area contributed by atoms with Crippen molar-refractivity contribution in [1.29, 1.82) is 0 Å². The van der Waals surface area contributed by atoms with Gasteiger partial charge < -0.3 is 0 Å². The Balaban J connectivity index is 3.12. The Morgan fingerprint density at radius 2 is 2.33 bits per heavy atom. The van der Waals surface area contributed by atoms with Crippen LogP contribution in [0.1, 0.15) is 18.9 Å². The van der Waals surface area contributed by atoms with E-state index in [-0.39, 0.29) is 5.70 Å². The van der Waals surface area contributed by atoms with E-state index in [1.54, 1.807) is 25.1 Å². The van der Waals surface area contributed by atoms with Crippen LogP contribution in [0.15, 0.2) is 28.4 Å². The SMILES string of the molecule is CC/C(=C/c1ccc(Br)cc1Cl)[N+](=O)[O-]. The second kappa shape index (κ2) is 5.28. The first kappa shape index (κ1) is 12.2. The molecule has 1 rings (SSSR count). The van der Waals surface area contributed by atoms with E-state index >= 15 is 0 Å². The number of rotatable bonds is 3. The van der Waals surface area contributed by atoms with Gasteiger partial charge >= 0.3 is 0 Å². The molecule has 80 valence electrons. The second-order valence-corrected chi connectivity index (χ2v) is 4.24. The lowest BCUT2D eigenvalue weighted by atomic mass is 10.2. The average molecular weight is 291 g/mol. The molecule has 0 aliphatic carbocycles. The fourth-order valence-corrected chi connectivity index (χ4v) is 1.81. The van der Waals surface area contributed by atoms with Crippen LogP contribution < -0.4 is 0 Å². The number of allylic oxidation sites excluding steroid dienone is 1. The summed E-state index contributed by atoms with van der Waals surface area (Å²) in [6, 6.07) is 5.25. The van der Waals surface area contributed by atoms with Gasteiger partial charge in [-0.3, -0.25) is 10.1 Å². The van der Waals surface area contributed by atoms with Gasteiger partial charge in [-0.05, 0) is 17.7 Å². The molecule has 1 aromatic carbocycles. The Bertz CT molecular complexity index is 418. The lowest BCUT2D eigenvalue weighted by Gasteiger charge is -1.99. The zero-order valence-corrected chi connectivity index (χ0v) is 10.4. The van der Waals surface area contributed by atoms with Crippen molar-refractivity contribution in [2.45, 2.75) is 13.3 Å². The molecule has 0 saturated heterocycles. The zero-order chi connectivity index (χ0) is 11.4. The Hall–Kier alpha value is -0.870. The zero-order valence-electron chi connectivity index (χ0n) is 8.04. The van der Waals surface area contributed by atoms with Gasteiger partial charge in [0.15, 0.2) is 0 Å². The number of hydrogen-bond donors (Lipinski definition) is 0. The number of hydrogen-bond acceptors (Lipinski definition) is 2. The van der Waals surface area contributed by atoms with Gasteiger partial charge in [0.25, 0.3) is 0 Å². The number of nitro groups is 1. The first-order chi connectivity index (χ1) is 7.04. The smallest absolute Gasteiger partial charge is 0.246 e. The summed E-state index contributed by atoms with van der Waals surface area (Å²) in [5, 5.41) is 11.1. The highest BCUT2D eigenvalue weighted by Gasteiger charge is 2.08. The van der Waals surface area contributed by atoms with Crippen molar-refractivity contribution in [2.75, 3.05) is 0 Å². The predicted molar refractivity (Wildman–Crippen MR) is 64.4 cm³/mol. The molecule has 0 heterocycles. The quantitative estimate of drug-likeness (QED) is 0.620. The van der Waals surface area contributed by atoms with Crippen molar-refractivity contribution >= 4 is 33.6 Å². The first-order valence-electron chi connectivity index (χ1n) is 4.34. The van der Waals surface area contributed by atoms with Gasteiger partial charge in [0.05, 0.1) is 4.92 Å². The Morgan fingerprint density at radius 1 is 1.67 bits per heavy atom. The summed E-state index contributed by atoms with van der Waals surface area (Å²) < 4.78 is 0.851. The van der Waals surface area contributed by atoms with Gasteiger partial charge in [-0.1, -0.05) is 40.5 Å². The fraction of sp³-hybridized carbons (Fsp3) is 0.200. The molecule has 0 saturated carbocycles. The molecule has 0 aromatic heterocycles. The molecule has 0 fully saturated rings. The van der Waals surface area contributed by atoms with Gasteiger partial charge in [-0.2, -0.15) is 0 Å². The highest BCUT2D eigenvalue weighted by atomic mass is 79.9. The van der Waals surface area contributed by atoms with Crippen LogP contribution in [-0.2, 0) is 0 Å². The molecular formula is C10H9BrClNO2. The minimum Gasteiger partial charge on any atom is -0.259 e. The third-order valence-corrected chi connectivity index (χ3v) is 2.70. The number of halogens is 2. The topological polar surface area (TPSA) is 43.1 Å². The largest absolute Gasteiger partial charge is 0.259 e. The number of nitrogens with zero attached hydrogens (tertiary/aromatic N) is 1. The average Bonchev–Trinajstić information content (AvgIpc) is 2.16. The summed E-state index contributed by atoms with van der Waals surface area (Å²) in [6.07, 6.45) is 1.87. The molecule has 15 heavy (non-hydrogen) atoms. The van der Waals surface area contributed by atoms with Crippen molar-refractivity contribution in [3.63, 3.8) is 0 Å². The maximum atomic E-state index is 10.6. The van der Waals surface area contributed by atoms with Gasteiger partial charge in [0.2, 0.25) is 5.70 Å². The molecule has 0 unspecified atom stereocenters. The van der Waals surface area contributed by atoms with Crippen LogP contribution in [0.5, 0.6) is 0 Å². The Kier molecular flexibility index (Phi) is 4.29. The minimum absolute atomic E-state index is 0.152. The van der Waals surface area contributed by atoms with Crippen LogP contribution in [0, 0.1) is 10.1 Å². The molecule has 0 spiro atoms. The monoisotopic (exact) mass is 289 g/mol. The van der Waals surface area contributed by atoms with E-state index < -0.39 is 4.92 Å². The third-order valence-electron chi connectivity index (χ3n) is 1.88. The summed E-state index contributed by atoms with van der Waals surface area (Å²) in [5.41, 5.74) is 0.813.